The number of nitro groups is 1. The Bertz CT molecular complexity index is 1200. The molecule has 9 heteroatoms. The molecule has 0 heterocycles. The molecule has 2 amide bonds. The van der Waals surface area contributed by atoms with Gasteiger partial charge in [-0.1, -0.05) is 48.0 Å². The van der Waals surface area contributed by atoms with Crippen molar-refractivity contribution in [3.8, 4) is 0 Å². The predicted octanol–water partition coefficient (Wildman–Crippen LogP) is 4.80. The molecule has 0 aliphatic heterocycles. The SMILES string of the molecule is O=C(Nc1ccccc1Cl)C(=Cc1cccc([N+](=O)[O-])c1)NC(=O)c1ccccc1F. The van der Waals surface area contributed by atoms with Gasteiger partial charge in [0.05, 0.1) is 21.2 Å². The molecule has 0 unspecified atom stereocenters. The van der Waals surface area contributed by atoms with Crippen molar-refractivity contribution in [2.24, 2.45) is 0 Å². The lowest BCUT2D eigenvalue weighted by molar-refractivity contribution is -0.384. The number of halogens is 2. The van der Waals surface area contributed by atoms with Gasteiger partial charge in [-0.3, -0.25) is 19.7 Å². The fourth-order valence-corrected chi connectivity index (χ4v) is 2.82. The van der Waals surface area contributed by atoms with Crippen molar-refractivity contribution in [3.05, 3.63) is 111 Å². The van der Waals surface area contributed by atoms with Crippen molar-refractivity contribution in [3.63, 3.8) is 0 Å². The number of benzene rings is 3. The summed E-state index contributed by atoms with van der Waals surface area (Å²) in [5.74, 6) is -2.37. The molecule has 2 N–H and O–H groups in total. The Kier molecular flexibility index (Phi) is 6.74. The lowest BCUT2D eigenvalue weighted by Gasteiger charge is -2.12. The molecule has 0 bridgehead atoms. The maximum Gasteiger partial charge on any atom is 0.272 e. The van der Waals surface area contributed by atoms with E-state index in [2.05, 4.69) is 10.6 Å². The Morgan fingerprint density at radius 3 is 2.42 bits per heavy atom. The first kappa shape index (κ1) is 21.7. The lowest BCUT2D eigenvalue weighted by atomic mass is 10.1. The predicted molar refractivity (Wildman–Crippen MR) is 115 cm³/mol. The first-order valence-corrected chi connectivity index (χ1v) is 9.31. The van der Waals surface area contributed by atoms with Crippen LogP contribution >= 0.6 is 11.6 Å². The highest BCUT2D eigenvalue weighted by Crippen LogP contribution is 2.22. The zero-order valence-electron chi connectivity index (χ0n) is 15.8. The summed E-state index contributed by atoms with van der Waals surface area (Å²) in [5.41, 5.74) is -0.140. The first-order chi connectivity index (χ1) is 14.8. The molecular formula is C22H15ClFN3O4. The van der Waals surface area contributed by atoms with E-state index < -0.39 is 22.6 Å². The van der Waals surface area contributed by atoms with Crippen LogP contribution in [0.3, 0.4) is 0 Å². The van der Waals surface area contributed by atoms with Gasteiger partial charge in [0.25, 0.3) is 17.5 Å². The molecule has 31 heavy (non-hydrogen) atoms. The summed E-state index contributed by atoms with van der Waals surface area (Å²) in [6.07, 6.45) is 1.25. The zero-order valence-corrected chi connectivity index (χ0v) is 16.6. The molecule has 0 saturated heterocycles. The van der Waals surface area contributed by atoms with Gasteiger partial charge in [0, 0.05) is 12.1 Å². The van der Waals surface area contributed by atoms with Crippen LogP contribution in [0.25, 0.3) is 6.08 Å². The molecule has 0 aliphatic rings. The molecule has 0 atom stereocenters. The monoisotopic (exact) mass is 439 g/mol. The van der Waals surface area contributed by atoms with E-state index in [4.69, 9.17) is 11.6 Å². The second kappa shape index (κ2) is 9.64. The number of nitro benzene ring substituents is 1. The van der Waals surface area contributed by atoms with Gasteiger partial charge in [0.1, 0.15) is 11.5 Å². The highest BCUT2D eigenvalue weighted by atomic mass is 35.5. The molecule has 0 saturated carbocycles. The first-order valence-electron chi connectivity index (χ1n) is 8.93. The van der Waals surface area contributed by atoms with Gasteiger partial charge >= 0.3 is 0 Å². The minimum absolute atomic E-state index is 0.194. The van der Waals surface area contributed by atoms with Gasteiger partial charge in [-0.05, 0) is 35.9 Å². The van der Waals surface area contributed by atoms with Gasteiger partial charge < -0.3 is 10.6 Å². The highest BCUT2D eigenvalue weighted by Gasteiger charge is 2.18. The molecule has 0 aromatic heterocycles. The number of rotatable bonds is 6. The van der Waals surface area contributed by atoms with E-state index in [1.165, 1.54) is 48.5 Å². The van der Waals surface area contributed by atoms with E-state index in [9.17, 15) is 24.1 Å². The van der Waals surface area contributed by atoms with Crippen molar-refractivity contribution in [1.82, 2.24) is 5.32 Å². The van der Waals surface area contributed by atoms with Gasteiger partial charge in [0.15, 0.2) is 0 Å². The molecule has 156 valence electrons. The van der Waals surface area contributed by atoms with Gasteiger partial charge in [-0.2, -0.15) is 0 Å². The second-order valence-corrected chi connectivity index (χ2v) is 6.69. The van der Waals surface area contributed by atoms with E-state index >= 15 is 0 Å². The average molecular weight is 440 g/mol. The third-order valence-electron chi connectivity index (χ3n) is 4.13. The summed E-state index contributed by atoms with van der Waals surface area (Å²) >= 11 is 6.07. The normalized spacial score (nSPS) is 11.0. The van der Waals surface area contributed by atoms with E-state index in [-0.39, 0.29) is 27.5 Å². The number of carbonyl (C=O) groups is 2. The van der Waals surface area contributed by atoms with Crippen molar-refractivity contribution >= 4 is 40.9 Å². The van der Waals surface area contributed by atoms with Gasteiger partial charge in [-0.25, -0.2) is 4.39 Å². The van der Waals surface area contributed by atoms with E-state index in [1.54, 1.807) is 24.3 Å². The molecule has 3 aromatic carbocycles. The maximum atomic E-state index is 14.0. The van der Waals surface area contributed by atoms with Crippen molar-refractivity contribution in [2.75, 3.05) is 5.32 Å². The van der Waals surface area contributed by atoms with Crippen LogP contribution in [0.15, 0.2) is 78.5 Å². The van der Waals surface area contributed by atoms with Crippen LogP contribution in [0.1, 0.15) is 15.9 Å². The molecule has 0 radical (unpaired) electrons. The molecule has 3 rings (SSSR count). The standard InChI is InChI=1S/C22H15ClFN3O4/c23-17-9-2-4-11-19(17)25-22(29)20(13-14-6-5-7-15(12-14)27(30)31)26-21(28)16-8-1-3-10-18(16)24/h1-13H,(H,25,29)(H,26,28). The Morgan fingerprint density at radius 1 is 1.00 bits per heavy atom. The van der Waals surface area contributed by atoms with Gasteiger partial charge in [-0.15, -0.1) is 0 Å². The topological polar surface area (TPSA) is 101 Å². The number of para-hydroxylation sites is 1. The van der Waals surface area contributed by atoms with Crippen molar-refractivity contribution in [2.45, 2.75) is 0 Å². The third-order valence-corrected chi connectivity index (χ3v) is 4.45. The van der Waals surface area contributed by atoms with Crippen LogP contribution in [0, 0.1) is 15.9 Å². The van der Waals surface area contributed by atoms with Gasteiger partial charge in [0.2, 0.25) is 0 Å². The fourth-order valence-electron chi connectivity index (χ4n) is 2.64. The number of nitrogens with zero attached hydrogens (tertiary/aromatic N) is 1. The number of anilines is 1. The minimum atomic E-state index is -0.857. The van der Waals surface area contributed by atoms with E-state index in [1.807, 2.05) is 0 Å². The summed E-state index contributed by atoms with van der Waals surface area (Å²) < 4.78 is 14.0. The van der Waals surface area contributed by atoms with Crippen LogP contribution in [-0.4, -0.2) is 16.7 Å². The van der Waals surface area contributed by atoms with Crippen LogP contribution in [-0.2, 0) is 4.79 Å². The Morgan fingerprint density at radius 2 is 1.71 bits per heavy atom. The maximum absolute atomic E-state index is 14.0. The molecule has 0 fully saturated rings. The average Bonchev–Trinajstić information content (AvgIpc) is 2.75. The smallest absolute Gasteiger partial charge is 0.272 e. The Labute approximate surface area is 181 Å². The van der Waals surface area contributed by atoms with Crippen LogP contribution < -0.4 is 10.6 Å². The minimum Gasteiger partial charge on any atom is -0.319 e. The quantitative estimate of drug-likeness (QED) is 0.327. The summed E-state index contributed by atoms with van der Waals surface area (Å²) in [5, 5.41) is 16.2. The molecule has 3 aromatic rings. The largest absolute Gasteiger partial charge is 0.319 e. The Balaban J connectivity index is 1.97. The number of hydrogen-bond acceptors (Lipinski definition) is 4. The number of hydrogen-bond donors (Lipinski definition) is 2. The summed E-state index contributed by atoms with van der Waals surface area (Å²) in [4.78, 5) is 35.9. The lowest BCUT2D eigenvalue weighted by Crippen LogP contribution is -2.31. The number of carbonyl (C=O) groups excluding carboxylic acids is 2. The fraction of sp³-hybridized carbons (Fsp3) is 0. The molecular weight excluding hydrogens is 425 g/mol. The van der Waals surface area contributed by atoms with Crippen molar-refractivity contribution < 1.29 is 18.9 Å². The molecule has 0 spiro atoms. The number of non-ortho nitro benzene ring substituents is 1. The molecule has 0 aliphatic carbocycles. The van der Waals surface area contributed by atoms with Crippen LogP contribution in [0.2, 0.25) is 5.02 Å². The number of amides is 2. The van der Waals surface area contributed by atoms with E-state index in [0.717, 1.165) is 6.07 Å². The third kappa shape index (κ3) is 5.52. The van der Waals surface area contributed by atoms with E-state index in [0.29, 0.717) is 5.69 Å². The van der Waals surface area contributed by atoms with Crippen LogP contribution in [0.5, 0.6) is 0 Å². The second-order valence-electron chi connectivity index (χ2n) is 6.28. The highest BCUT2D eigenvalue weighted by molar-refractivity contribution is 6.34. The Hall–Kier alpha value is -4.04. The van der Waals surface area contributed by atoms with Crippen LogP contribution in [0.4, 0.5) is 15.8 Å². The molecule has 7 nitrogen and oxygen atoms in total. The zero-order chi connectivity index (χ0) is 22.4. The summed E-state index contributed by atoms with van der Waals surface area (Å²) in [6, 6.07) is 17.2. The van der Waals surface area contributed by atoms with Crippen molar-refractivity contribution in [1.29, 1.82) is 0 Å². The number of nitrogens with one attached hydrogen (secondary N) is 2. The summed E-state index contributed by atoms with van der Waals surface area (Å²) in [6.45, 7) is 0. The summed E-state index contributed by atoms with van der Waals surface area (Å²) in [7, 11) is 0.